The fourth-order valence-electron chi connectivity index (χ4n) is 4.30. The zero-order chi connectivity index (χ0) is 14.8. The van der Waals surface area contributed by atoms with Crippen molar-refractivity contribution in [2.24, 2.45) is 0 Å². The first-order chi connectivity index (χ1) is 10.9. The highest BCUT2D eigenvalue weighted by atomic mass is 35.5. The van der Waals surface area contributed by atoms with Gasteiger partial charge in [-0.05, 0) is 30.5 Å². The molecule has 2 aliphatic rings. The van der Waals surface area contributed by atoms with Gasteiger partial charge in [0, 0.05) is 31.1 Å². The number of fused-ring (bicyclic) bond motifs is 1. The molecule has 0 spiro atoms. The predicted octanol–water partition coefficient (Wildman–Crippen LogP) is 4.10. The maximum Gasteiger partial charge on any atom is 0.0333 e. The predicted molar refractivity (Wildman–Crippen MR) is 106 cm³/mol. The molecular formula is C20H26Cl2N2. The lowest BCUT2D eigenvalue weighted by atomic mass is 9.83. The molecule has 2 saturated heterocycles. The summed E-state index contributed by atoms with van der Waals surface area (Å²) in [5.41, 5.74) is 2.88. The summed E-state index contributed by atoms with van der Waals surface area (Å²) in [5.74, 6) is 0.454. The third-order valence-corrected chi connectivity index (χ3v) is 5.28. The zero-order valence-electron chi connectivity index (χ0n) is 13.8. The van der Waals surface area contributed by atoms with Crippen molar-refractivity contribution in [3.8, 4) is 0 Å². The minimum Gasteiger partial charge on any atom is -0.314 e. The Hall–Kier alpha value is -1.06. The average molecular weight is 365 g/mol. The summed E-state index contributed by atoms with van der Waals surface area (Å²) in [6.45, 7) is 3.50. The summed E-state index contributed by atoms with van der Waals surface area (Å²) < 4.78 is 0. The van der Waals surface area contributed by atoms with Gasteiger partial charge in [-0.2, -0.15) is 0 Å². The Balaban J connectivity index is 0.00000104. The van der Waals surface area contributed by atoms with Crippen molar-refractivity contribution in [1.29, 1.82) is 0 Å². The maximum absolute atomic E-state index is 3.68. The summed E-state index contributed by atoms with van der Waals surface area (Å²) >= 11 is 0. The number of hydrogen-bond donors (Lipinski definition) is 1. The summed E-state index contributed by atoms with van der Waals surface area (Å²) in [5, 5.41) is 3.68. The first-order valence-electron chi connectivity index (χ1n) is 8.50. The van der Waals surface area contributed by atoms with E-state index in [1.54, 1.807) is 0 Å². The number of rotatable bonds is 3. The van der Waals surface area contributed by atoms with Gasteiger partial charge in [0.15, 0.2) is 0 Å². The highest BCUT2D eigenvalue weighted by Gasteiger charge is 2.38. The first-order valence-corrected chi connectivity index (χ1v) is 8.50. The Morgan fingerprint density at radius 3 is 2.00 bits per heavy atom. The Labute approximate surface area is 157 Å². The van der Waals surface area contributed by atoms with E-state index in [0.29, 0.717) is 12.0 Å². The van der Waals surface area contributed by atoms with Crippen LogP contribution in [0.2, 0.25) is 0 Å². The molecule has 24 heavy (non-hydrogen) atoms. The van der Waals surface area contributed by atoms with E-state index in [4.69, 9.17) is 0 Å². The van der Waals surface area contributed by atoms with Crippen molar-refractivity contribution < 1.29 is 0 Å². The van der Waals surface area contributed by atoms with Gasteiger partial charge in [-0.15, -0.1) is 24.8 Å². The molecule has 2 atom stereocenters. The van der Waals surface area contributed by atoms with Crippen LogP contribution in [0.3, 0.4) is 0 Å². The van der Waals surface area contributed by atoms with Gasteiger partial charge in [-0.3, -0.25) is 4.90 Å². The lowest BCUT2D eigenvalue weighted by Crippen LogP contribution is -2.56. The third kappa shape index (κ3) is 3.78. The second-order valence-electron chi connectivity index (χ2n) is 6.56. The van der Waals surface area contributed by atoms with E-state index >= 15 is 0 Å². The van der Waals surface area contributed by atoms with Crippen LogP contribution in [0.5, 0.6) is 0 Å². The standard InChI is InChI=1S/C20H24N2.2ClH/c1-3-8-16(9-4-1)20(17-10-5-2-6-11-17)19-15-21-14-18-12-7-13-22(18)19;;/h1-6,8-11,18-21H,7,12-15H2;2*1H/t18-,19-;;/m0../s1. The van der Waals surface area contributed by atoms with Gasteiger partial charge >= 0.3 is 0 Å². The van der Waals surface area contributed by atoms with Crippen LogP contribution >= 0.6 is 24.8 Å². The number of benzene rings is 2. The van der Waals surface area contributed by atoms with Gasteiger partial charge in [0.1, 0.15) is 0 Å². The van der Waals surface area contributed by atoms with E-state index in [2.05, 4.69) is 70.9 Å². The highest BCUT2D eigenvalue weighted by molar-refractivity contribution is 5.85. The number of hydrogen-bond acceptors (Lipinski definition) is 2. The molecule has 2 aromatic carbocycles. The van der Waals surface area contributed by atoms with Crippen LogP contribution in [0.1, 0.15) is 29.9 Å². The number of nitrogens with one attached hydrogen (secondary N) is 1. The molecule has 0 aromatic heterocycles. The summed E-state index contributed by atoms with van der Waals surface area (Å²) in [6, 6.07) is 23.4. The van der Waals surface area contributed by atoms with Gasteiger partial charge in [0.2, 0.25) is 0 Å². The molecule has 0 bridgehead atoms. The Bertz CT molecular complexity index is 566. The van der Waals surface area contributed by atoms with Crippen molar-refractivity contribution in [3.63, 3.8) is 0 Å². The minimum atomic E-state index is 0. The van der Waals surface area contributed by atoms with E-state index in [9.17, 15) is 0 Å². The van der Waals surface area contributed by atoms with Gasteiger partial charge in [-0.25, -0.2) is 0 Å². The second-order valence-corrected chi connectivity index (χ2v) is 6.56. The van der Waals surface area contributed by atoms with Crippen LogP contribution in [-0.2, 0) is 0 Å². The van der Waals surface area contributed by atoms with E-state index < -0.39 is 0 Å². The van der Waals surface area contributed by atoms with E-state index in [1.165, 1.54) is 30.5 Å². The summed E-state index contributed by atoms with van der Waals surface area (Å²) in [4.78, 5) is 2.77. The van der Waals surface area contributed by atoms with Crippen LogP contribution in [0.4, 0.5) is 0 Å². The summed E-state index contributed by atoms with van der Waals surface area (Å²) in [7, 11) is 0. The smallest absolute Gasteiger partial charge is 0.0333 e. The average Bonchev–Trinajstić information content (AvgIpc) is 3.07. The monoisotopic (exact) mass is 364 g/mol. The van der Waals surface area contributed by atoms with Crippen LogP contribution in [0.25, 0.3) is 0 Å². The van der Waals surface area contributed by atoms with Gasteiger partial charge in [-0.1, -0.05) is 60.7 Å². The maximum atomic E-state index is 3.68. The lowest BCUT2D eigenvalue weighted by Gasteiger charge is -2.43. The van der Waals surface area contributed by atoms with Crippen molar-refractivity contribution >= 4 is 24.8 Å². The summed E-state index contributed by atoms with van der Waals surface area (Å²) in [6.07, 6.45) is 2.69. The lowest BCUT2D eigenvalue weighted by molar-refractivity contribution is 0.125. The van der Waals surface area contributed by atoms with Crippen LogP contribution in [-0.4, -0.2) is 36.6 Å². The van der Waals surface area contributed by atoms with Crippen LogP contribution < -0.4 is 5.32 Å². The molecule has 0 aliphatic carbocycles. The third-order valence-electron chi connectivity index (χ3n) is 5.28. The molecule has 0 saturated carbocycles. The van der Waals surface area contributed by atoms with E-state index in [1.807, 2.05) is 0 Å². The van der Waals surface area contributed by atoms with Crippen molar-refractivity contribution in [3.05, 3.63) is 71.8 Å². The van der Waals surface area contributed by atoms with Crippen LogP contribution in [0, 0.1) is 0 Å². The largest absolute Gasteiger partial charge is 0.314 e. The quantitative estimate of drug-likeness (QED) is 0.881. The molecule has 2 nitrogen and oxygen atoms in total. The molecule has 4 heteroatoms. The van der Waals surface area contributed by atoms with Gasteiger partial charge in [0.05, 0.1) is 0 Å². The molecule has 130 valence electrons. The molecule has 1 N–H and O–H groups in total. The Morgan fingerprint density at radius 2 is 1.42 bits per heavy atom. The normalized spacial score (nSPS) is 23.2. The molecule has 0 unspecified atom stereocenters. The Morgan fingerprint density at radius 1 is 0.833 bits per heavy atom. The molecule has 2 aliphatic heterocycles. The van der Waals surface area contributed by atoms with Gasteiger partial charge in [0.25, 0.3) is 0 Å². The molecular weight excluding hydrogens is 339 g/mol. The molecule has 2 aromatic rings. The number of piperazine rings is 1. The second kappa shape index (κ2) is 8.87. The minimum absolute atomic E-state index is 0. The van der Waals surface area contributed by atoms with Crippen molar-refractivity contribution in [1.82, 2.24) is 10.2 Å². The topological polar surface area (TPSA) is 15.3 Å². The number of nitrogens with zero attached hydrogens (tertiary/aromatic N) is 1. The highest BCUT2D eigenvalue weighted by Crippen LogP contribution is 2.35. The first kappa shape index (κ1) is 19.3. The van der Waals surface area contributed by atoms with E-state index in [0.717, 1.165) is 19.1 Å². The Kier molecular flexibility index (Phi) is 7.12. The molecule has 2 fully saturated rings. The van der Waals surface area contributed by atoms with Crippen molar-refractivity contribution in [2.75, 3.05) is 19.6 Å². The fourth-order valence-corrected chi connectivity index (χ4v) is 4.30. The van der Waals surface area contributed by atoms with Gasteiger partial charge < -0.3 is 5.32 Å². The molecule has 0 radical (unpaired) electrons. The zero-order valence-corrected chi connectivity index (χ0v) is 15.4. The molecule has 0 amide bonds. The van der Waals surface area contributed by atoms with Crippen molar-refractivity contribution in [2.45, 2.75) is 30.8 Å². The van der Waals surface area contributed by atoms with E-state index in [-0.39, 0.29) is 24.8 Å². The fraction of sp³-hybridized carbons (Fsp3) is 0.400. The molecule has 4 rings (SSSR count). The number of halogens is 2. The SMILES string of the molecule is Cl.Cl.c1ccc(C(c2ccccc2)[C@@H]2CNC[C@@H]3CCCN32)cc1. The molecule has 2 heterocycles. The van der Waals surface area contributed by atoms with Crippen LogP contribution in [0.15, 0.2) is 60.7 Å².